The molecule has 0 saturated carbocycles. The van der Waals surface area contributed by atoms with Crippen molar-refractivity contribution in [3.63, 3.8) is 0 Å². The Hall–Kier alpha value is -2.11. The summed E-state index contributed by atoms with van der Waals surface area (Å²) in [6, 6.07) is 1.48. The minimum Gasteiger partial charge on any atom is -0.387 e. The number of aromatic nitrogens is 1. The molecule has 1 aromatic rings. The number of hydrogen-bond donors (Lipinski definition) is 3. The van der Waals surface area contributed by atoms with Crippen molar-refractivity contribution in [3.8, 4) is 0 Å². The fraction of sp³-hybridized carbons (Fsp3) is 0.417. The Morgan fingerprint density at radius 2 is 2.17 bits per heavy atom. The average Bonchev–Trinajstić information content (AvgIpc) is 2.27. The van der Waals surface area contributed by atoms with E-state index < -0.39 is 5.91 Å². The van der Waals surface area contributed by atoms with Crippen molar-refractivity contribution in [1.29, 1.82) is 0 Å². The Morgan fingerprint density at radius 3 is 2.72 bits per heavy atom. The standard InChI is InChI=1S/C12H18N4O2/c1-7-4-10(14-3)9(6-15-7)12(18)16-8(2)5-11(13)17/h4,6,8H,5H2,1-3H3,(H2,13,17)(H,14,15)(H,16,18). The number of carbonyl (C=O) groups excluding carboxylic acids is 2. The van der Waals surface area contributed by atoms with Gasteiger partial charge in [-0.2, -0.15) is 0 Å². The largest absolute Gasteiger partial charge is 0.387 e. The number of nitrogens with one attached hydrogen (secondary N) is 2. The van der Waals surface area contributed by atoms with Gasteiger partial charge >= 0.3 is 0 Å². The molecule has 0 spiro atoms. The predicted molar refractivity (Wildman–Crippen MR) is 69.3 cm³/mol. The molecule has 6 heteroatoms. The molecule has 6 nitrogen and oxygen atoms in total. The molecule has 0 aromatic carbocycles. The topological polar surface area (TPSA) is 97.1 Å². The number of nitrogens with two attached hydrogens (primary N) is 1. The summed E-state index contributed by atoms with van der Waals surface area (Å²) >= 11 is 0. The van der Waals surface area contributed by atoms with Gasteiger partial charge in [-0.15, -0.1) is 0 Å². The second kappa shape index (κ2) is 6.00. The van der Waals surface area contributed by atoms with E-state index in [0.29, 0.717) is 11.3 Å². The summed E-state index contributed by atoms with van der Waals surface area (Å²) in [5, 5.41) is 5.64. The van der Waals surface area contributed by atoms with Crippen molar-refractivity contribution in [2.24, 2.45) is 5.73 Å². The molecule has 0 aliphatic heterocycles. The number of hydrogen-bond acceptors (Lipinski definition) is 4. The summed E-state index contributed by atoms with van der Waals surface area (Å²) < 4.78 is 0. The van der Waals surface area contributed by atoms with Crippen LogP contribution in [-0.4, -0.2) is 29.9 Å². The fourth-order valence-electron chi connectivity index (χ4n) is 1.60. The van der Waals surface area contributed by atoms with Gasteiger partial charge in [0.05, 0.1) is 11.3 Å². The normalized spacial score (nSPS) is 11.7. The molecule has 18 heavy (non-hydrogen) atoms. The Bertz CT molecular complexity index is 459. The number of rotatable bonds is 5. The van der Waals surface area contributed by atoms with Crippen LogP contribution in [0.1, 0.15) is 29.4 Å². The summed E-state index contributed by atoms with van der Waals surface area (Å²) in [4.78, 5) is 26.8. The summed E-state index contributed by atoms with van der Waals surface area (Å²) in [6.07, 6.45) is 1.62. The molecular weight excluding hydrogens is 232 g/mol. The first-order valence-electron chi connectivity index (χ1n) is 5.67. The first kappa shape index (κ1) is 14.0. The zero-order chi connectivity index (χ0) is 13.7. The quantitative estimate of drug-likeness (QED) is 0.705. The van der Waals surface area contributed by atoms with E-state index >= 15 is 0 Å². The predicted octanol–water partition coefficient (Wildman–Crippen LogP) is 0.425. The number of anilines is 1. The summed E-state index contributed by atoms with van der Waals surface area (Å²) in [6.45, 7) is 3.57. The van der Waals surface area contributed by atoms with Crippen LogP contribution in [0.15, 0.2) is 12.3 Å². The Kier molecular flexibility index (Phi) is 4.65. The van der Waals surface area contributed by atoms with E-state index in [1.807, 2.05) is 6.92 Å². The van der Waals surface area contributed by atoms with Crippen molar-refractivity contribution in [3.05, 3.63) is 23.5 Å². The van der Waals surface area contributed by atoms with Crippen LogP contribution in [0.25, 0.3) is 0 Å². The van der Waals surface area contributed by atoms with E-state index in [4.69, 9.17) is 5.73 Å². The zero-order valence-corrected chi connectivity index (χ0v) is 10.8. The Labute approximate surface area is 106 Å². The molecule has 0 radical (unpaired) electrons. The van der Waals surface area contributed by atoms with Gasteiger partial charge in [-0.05, 0) is 19.9 Å². The minimum atomic E-state index is -0.446. The first-order valence-corrected chi connectivity index (χ1v) is 5.67. The van der Waals surface area contributed by atoms with E-state index in [1.165, 1.54) is 6.20 Å². The van der Waals surface area contributed by atoms with Crippen molar-refractivity contribution in [2.75, 3.05) is 12.4 Å². The van der Waals surface area contributed by atoms with Crippen LogP contribution in [0, 0.1) is 6.92 Å². The summed E-state index contributed by atoms with van der Waals surface area (Å²) in [7, 11) is 1.73. The number of aryl methyl sites for hydroxylation is 1. The van der Waals surface area contributed by atoms with Crippen LogP contribution in [-0.2, 0) is 4.79 Å². The number of nitrogens with zero attached hydrogens (tertiary/aromatic N) is 1. The van der Waals surface area contributed by atoms with E-state index in [1.54, 1.807) is 20.0 Å². The molecule has 1 atom stereocenters. The van der Waals surface area contributed by atoms with Crippen LogP contribution in [0.5, 0.6) is 0 Å². The van der Waals surface area contributed by atoms with Gasteiger partial charge in [-0.25, -0.2) is 0 Å². The Morgan fingerprint density at radius 1 is 1.50 bits per heavy atom. The van der Waals surface area contributed by atoms with Crippen LogP contribution >= 0.6 is 0 Å². The van der Waals surface area contributed by atoms with Crippen LogP contribution < -0.4 is 16.4 Å². The maximum absolute atomic E-state index is 12.0. The second-order valence-electron chi connectivity index (χ2n) is 4.17. The number of pyridine rings is 1. The summed E-state index contributed by atoms with van der Waals surface area (Å²) in [5.74, 6) is -0.723. The molecule has 0 aliphatic rings. The maximum Gasteiger partial charge on any atom is 0.255 e. The van der Waals surface area contributed by atoms with Crippen molar-refractivity contribution in [1.82, 2.24) is 10.3 Å². The SMILES string of the molecule is CNc1cc(C)ncc1C(=O)NC(C)CC(N)=O. The highest BCUT2D eigenvalue weighted by molar-refractivity contribution is 5.99. The monoisotopic (exact) mass is 250 g/mol. The molecular formula is C12H18N4O2. The second-order valence-corrected chi connectivity index (χ2v) is 4.17. The van der Waals surface area contributed by atoms with Crippen LogP contribution in [0.2, 0.25) is 0 Å². The fourth-order valence-corrected chi connectivity index (χ4v) is 1.60. The third-order valence-corrected chi connectivity index (χ3v) is 2.44. The smallest absolute Gasteiger partial charge is 0.255 e. The van der Waals surface area contributed by atoms with Gasteiger partial charge in [0.2, 0.25) is 5.91 Å². The lowest BCUT2D eigenvalue weighted by Crippen LogP contribution is -2.36. The highest BCUT2D eigenvalue weighted by Gasteiger charge is 2.15. The minimum absolute atomic E-state index is 0.111. The van der Waals surface area contributed by atoms with Crippen molar-refractivity contribution >= 4 is 17.5 Å². The van der Waals surface area contributed by atoms with E-state index in [-0.39, 0.29) is 18.4 Å². The molecule has 0 bridgehead atoms. The molecule has 98 valence electrons. The van der Waals surface area contributed by atoms with Crippen molar-refractivity contribution < 1.29 is 9.59 Å². The molecule has 1 aromatic heterocycles. The maximum atomic E-state index is 12.0. The number of amides is 2. The molecule has 2 amide bonds. The summed E-state index contributed by atoms with van der Waals surface area (Å²) in [5.41, 5.74) is 7.03. The lowest BCUT2D eigenvalue weighted by molar-refractivity contribution is -0.118. The van der Waals surface area contributed by atoms with Gasteiger partial charge in [0, 0.05) is 31.4 Å². The number of primary amides is 1. The molecule has 1 unspecified atom stereocenters. The van der Waals surface area contributed by atoms with E-state index in [0.717, 1.165) is 5.69 Å². The molecule has 0 aliphatic carbocycles. The number of carbonyl (C=O) groups is 2. The molecule has 0 fully saturated rings. The molecule has 1 rings (SSSR count). The average molecular weight is 250 g/mol. The van der Waals surface area contributed by atoms with E-state index in [2.05, 4.69) is 15.6 Å². The third-order valence-electron chi connectivity index (χ3n) is 2.44. The van der Waals surface area contributed by atoms with Crippen LogP contribution in [0.4, 0.5) is 5.69 Å². The van der Waals surface area contributed by atoms with Crippen LogP contribution in [0.3, 0.4) is 0 Å². The van der Waals surface area contributed by atoms with E-state index in [9.17, 15) is 9.59 Å². The van der Waals surface area contributed by atoms with Crippen molar-refractivity contribution in [2.45, 2.75) is 26.3 Å². The lowest BCUT2D eigenvalue weighted by atomic mass is 10.1. The molecule has 1 heterocycles. The molecule has 4 N–H and O–H groups in total. The lowest BCUT2D eigenvalue weighted by Gasteiger charge is -2.14. The van der Waals surface area contributed by atoms with Gasteiger partial charge in [-0.1, -0.05) is 0 Å². The highest BCUT2D eigenvalue weighted by atomic mass is 16.2. The third kappa shape index (κ3) is 3.73. The highest BCUT2D eigenvalue weighted by Crippen LogP contribution is 2.15. The first-order chi connectivity index (χ1) is 8.43. The van der Waals surface area contributed by atoms with Gasteiger partial charge in [0.25, 0.3) is 5.91 Å². The van der Waals surface area contributed by atoms with Gasteiger partial charge in [0.15, 0.2) is 0 Å². The Balaban J connectivity index is 2.81. The van der Waals surface area contributed by atoms with Gasteiger partial charge in [0.1, 0.15) is 0 Å². The zero-order valence-electron chi connectivity index (χ0n) is 10.8. The molecule has 0 saturated heterocycles. The van der Waals surface area contributed by atoms with Gasteiger partial charge < -0.3 is 16.4 Å². The van der Waals surface area contributed by atoms with Gasteiger partial charge in [-0.3, -0.25) is 14.6 Å².